The molecule has 1 fully saturated rings. The lowest BCUT2D eigenvalue weighted by molar-refractivity contribution is -0.368. The number of benzene rings is 2. The summed E-state index contributed by atoms with van der Waals surface area (Å²) in [4.78, 5) is 0. The normalized spacial score (nSPS) is 30.5. The highest BCUT2D eigenvalue weighted by Gasteiger charge is 2.58. The van der Waals surface area contributed by atoms with E-state index in [1.165, 1.54) is 0 Å². The fourth-order valence-electron chi connectivity index (χ4n) is 4.28. The molecule has 2 aromatic carbocycles. The molecule has 2 aliphatic rings. The van der Waals surface area contributed by atoms with Gasteiger partial charge in [-0.15, -0.1) is 0 Å². The summed E-state index contributed by atoms with van der Waals surface area (Å²) >= 11 is 0. The molecule has 0 saturated carbocycles. The zero-order valence-corrected chi connectivity index (χ0v) is 17.1. The Morgan fingerprint density at radius 2 is 1.83 bits per heavy atom. The number of hydrogen-bond donors (Lipinski definition) is 4. The number of aryl methyl sites for hydroxylation is 1. The van der Waals surface area contributed by atoms with Gasteiger partial charge < -0.3 is 34.6 Å². The lowest BCUT2D eigenvalue weighted by Crippen LogP contribution is -2.63. The van der Waals surface area contributed by atoms with E-state index in [1.54, 1.807) is 0 Å². The molecule has 7 nitrogen and oxygen atoms in total. The summed E-state index contributed by atoms with van der Waals surface area (Å²) in [6.07, 6.45) is -4.80. The summed E-state index contributed by atoms with van der Waals surface area (Å²) in [6, 6.07) is 11.8. The Morgan fingerprint density at radius 1 is 1.10 bits per heavy atom. The van der Waals surface area contributed by atoms with Crippen molar-refractivity contribution >= 4 is 0 Å². The fraction of sp³-hybridized carbons (Fsp3) is 0.478. The highest BCUT2D eigenvalue weighted by Crippen LogP contribution is 2.46. The number of ether oxygens (including phenoxy) is 3. The third kappa shape index (κ3) is 3.51. The third-order valence-electron chi connectivity index (χ3n) is 5.96. The molecule has 0 aromatic heterocycles. The first kappa shape index (κ1) is 21.2. The average Bonchev–Trinajstić information content (AvgIpc) is 3.09. The second-order valence-corrected chi connectivity index (χ2v) is 7.91. The van der Waals surface area contributed by atoms with Gasteiger partial charge in [0.2, 0.25) is 5.79 Å². The van der Waals surface area contributed by atoms with E-state index in [-0.39, 0.29) is 6.61 Å². The van der Waals surface area contributed by atoms with Crippen LogP contribution in [0.4, 0.5) is 0 Å². The Hall–Kier alpha value is -2.00. The molecular formula is C23H28O7. The molecule has 0 amide bonds. The van der Waals surface area contributed by atoms with Crippen LogP contribution in [0.1, 0.15) is 34.7 Å². The predicted molar refractivity (Wildman–Crippen MR) is 108 cm³/mol. The van der Waals surface area contributed by atoms with E-state index in [4.69, 9.17) is 14.2 Å². The van der Waals surface area contributed by atoms with Gasteiger partial charge in [-0.1, -0.05) is 18.2 Å². The van der Waals surface area contributed by atoms with Crippen molar-refractivity contribution in [2.24, 2.45) is 0 Å². The number of fused-ring (bicyclic) bond motifs is 2. The summed E-state index contributed by atoms with van der Waals surface area (Å²) in [6.45, 7) is 4.28. The van der Waals surface area contributed by atoms with Crippen LogP contribution in [-0.4, -0.2) is 58.1 Å². The summed E-state index contributed by atoms with van der Waals surface area (Å²) in [7, 11) is 0. The molecule has 162 valence electrons. The van der Waals surface area contributed by atoms with E-state index in [0.29, 0.717) is 18.6 Å². The van der Waals surface area contributed by atoms with Gasteiger partial charge in [-0.2, -0.15) is 0 Å². The van der Waals surface area contributed by atoms with Crippen LogP contribution >= 0.6 is 0 Å². The maximum atomic E-state index is 10.7. The van der Waals surface area contributed by atoms with Gasteiger partial charge in [0.05, 0.1) is 19.8 Å². The first-order valence-electron chi connectivity index (χ1n) is 10.2. The van der Waals surface area contributed by atoms with Gasteiger partial charge in [0.1, 0.15) is 30.2 Å². The van der Waals surface area contributed by atoms with Crippen molar-refractivity contribution in [1.29, 1.82) is 0 Å². The molecular weight excluding hydrogens is 388 g/mol. The minimum absolute atomic E-state index is 0.206. The first-order chi connectivity index (χ1) is 14.4. The van der Waals surface area contributed by atoms with E-state index in [0.717, 1.165) is 28.0 Å². The van der Waals surface area contributed by atoms with E-state index in [1.807, 2.05) is 50.2 Å². The molecule has 1 unspecified atom stereocenters. The standard InChI is InChI=1S/C23H28O7/c1-3-28-17-6-4-14(5-7-17)9-15-10-18-16(8-13(15)2)12-29-23(18)22(27)21(26)20(25)19(11-24)30-23/h4-8,10,19-22,24-27H,3,9,11-12H2,1-2H3/t19-,20-,21+,22-,23?/m1/s1. The van der Waals surface area contributed by atoms with Crippen molar-refractivity contribution in [2.75, 3.05) is 13.2 Å². The van der Waals surface area contributed by atoms with Crippen LogP contribution in [0.2, 0.25) is 0 Å². The smallest absolute Gasteiger partial charge is 0.225 e. The van der Waals surface area contributed by atoms with Gasteiger partial charge in [-0.25, -0.2) is 0 Å². The molecule has 2 aliphatic heterocycles. The minimum atomic E-state index is -1.62. The summed E-state index contributed by atoms with van der Waals surface area (Å²) < 4.78 is 17.2. The number of aliphatic hydroxyl groups is 4. The van der Waals surface area contributed by atoms with Gasteiger partial charge >= 0.3 is 0 Å². The molecule has 1 spiro atoms. The van der Waals surface area contributed by atoms with Crippen LogP contribution in [-0.2, 0) is 28.3 Å². The summed E-state index contributed by atoms with van der Waals surface area (Å²) in [5, 5.41) is 40.7. The molecule has 7 heteroatoms. The first-order valence-corrected chi connectivity index (χ1v) is 10.2. The lowest BCUT2D eigenvalue weighted by atomic mass is 9.85. The van der Waals surface area contributed by atoms with Crippen LogP contribution in [0.5, 0.6) is 5.75 Å². The zero-order chi connectivity index (χ0) is 21.5. The van der Waals surface area contributed by atoms with Crippen molar-refractivity contribution in [3.05, 3.63) is 64.2 Å². The van der Waals surface area contributed by atoms with Crippen molar-refractivity contribution in [1.82, 2.24) is 0 Å². The van der Waals surface area contributed by atoms with Gasteiger partial charge in [0.25, 0.3) is 0 Å². The highest BCUT2D eigenvalue weighted by atomic mass is 16.7. The Labute approximate surface area is 175 Å². The maximum absolute atomic E-state index is 10.7. The molecule has 5 atom stereocenters. The Morgan fingerprint density at radius 3 is 2.50 bits per heavy atom. The largest absolute Gasteiger partial charge is 0.494 e. The number of rotatable bonds is 5. The Balaban J connectivity index is 1.67. The monoisotopic (exact) mass is 416 g/mol. The van der Waals surface area contributed by atoms with Gasteiger partial charge in [-0.05, 0) is 60.7 Å². The fourth-order valence-corrected chi connectivity index (χ4v) is 4.28. The van der Waals surface area contributed by atoms with Crippen LogP contribution in [0.15, 0.2) is 36.4 Å². The molecule has 30 heavy (non-hydrogen) atoms. The molecule has 4 rings (SSSR count). The van der Waals surface area contributed by atoms with E-state index in [2.05, 4.69) is 0 Å². The minimum Gasteiger partial charge on any atom is -0.494 e. The SMILES string of the molecule is CCOc1ccc(Cc2cc3c(cc2C)COC32O[C@H](CO)[C@@H](O)[C@H](O)[C@H]2O)cc1. The van der Waals surface area contributed by atoms with Crippen LogP contribution in [0, 0.1) is 6.92 Å². The third-order valence-corrected chi connectivity index (χ3v) is 5.96. The van der Waals surface area contributed by atoms with Crippen molar-refractivity contribution in [3.63, 3.8) is 0 Å². The number of hydrogen-bond acceptors (Lipinski definition) is 7. The molecule has 2 heterocycles. The molecule has 4 N–H and O–H groups in total. The second-order valence-electron chi connectivity index (χ2n) is 7.91. The summed E-state index contributed by atoms with van der Waals surface area (Å²) in [5.41, 5.74) is 4.67. The van der Waals surface area contributed by atoms with Crippen LogP contribution in [0.3, 0.4) is 0 Å². The molecule has 0 bridgehead atoms. The maximum Gasteiger partial charge on any atom is 0.225 e. The quantitative estimate of drug-likeness (QED) is 0.579. The Kier molecular flexibility index (Phi) is 5.85. The zero-order valence-electron chi connectivity index (χ0n) is 17.1. The second kappa shape index (κ2) is 8.26. The summed E-state index contributed by atoms with van der Waals surface area (Å²) in [5.74, 6) is -0.802. The average molecular weight is 416 g/mol. The lowest BCUT2D eigenvalue weighted by Gasteiger charge is -2.46. The van der Waals surface area contributed by atoms with Gasteiger partial charge in [0, 0.05) is 5.56 Å². The van der Waals surface area contributed by atoms with Crippen molar-refractivity contribution in [3.8, 4) is 5.75 Å². The molecule has 0 aliphatic carbocycles. The molecule has 1 saturated heterocycles. The van der Waals surface area contributed by atoms with E-state index < -0.39 is 36.8 Å². The predicted octanol–water partition coefficient (Wildman–Crippen LogP) is 1.14. The molecule has 0 radical (unpaired) electrons. The van der Waals surface area contributed by atoms with Gasteiger partial charge in [0.15, 0.2) is 0 Å². The van der Waals surface area contributed by atoms with Crippen molar-refractivity contribution in [2.45, 2.75) is 57.1 Å². The Bertz CT molecular complexity index is 895. The van der Waals surface area contributed by atoms with Crippen molar-refractivity contribution < 1.29 is 34.6 Å². The van der Waals surface area contributed by atoms with Crippen LogP contribution in [0.25, 0.3) is 0 Å². The van der Waals surface area contributed by atoms with E-state index >= 15 is 0 Å². The van der Waals surface area contributed by atoms with Crippen LogP contribution < -0.4 is 4.74 Å². The highest BCUT2D eigenvalue weighted by molar-refractivity contribution is 5.45. The topological polar surface area (TPSA) is 109 Å². The van der Waals surface area contributed by atoms with E-state index in [9.17, 15) is 20.4 Å². The van der Waals surface area contributed by atoms with Gasteiger partial charge in [-0.3, -0.25) is 0 Å². The molecule has 2 aromatic rings. The number of aliphatic hydroxyl groups excluding tert-OH is 4.